The Balaban J connectivity index is 1.50. The molecule has 1 aliphatic heterocycles. The van der Waals surface area contributed by atoms with E-state index < -0.39 is 11.9 Å². The highest BCUT2D eigenvalue weighted by atomic mass is 127. The van der Waals surface area contributed by atoms with Gasteiger partial charge in [0.1, 0.15) is 12.4 Å². The van der Waals surface area contributed by atoms with Crippen LogP contribution in [0.4, 0.5) is 4.79 Å². The van der Waals surface area contributed by atoms with Gasteiger partial charge in [0.15, 0.2) is 11.5 Å². The zero-order chi connectivity index (χ0) is 27.2. The summed E-state index contributed by atoms with van der Waals surface area (Å²) in [6, 6.07) is 17.6. The largest absolute Gasteiger partial charge is 0.492 e. The molecule has 38 heavy (non-hydrogen) atoms. The van der Waals surface area contributed by atoms with Crippen molar-refractivity contribution in [1.29, 1.82) is 0 Å². The molecule has 0 bridgehead atoms. The van der Waals surface area contributed by atoms with Crippen molar-refractivity contribution in [3.8, 4) is 17.2 Å². The van der Waals surface area contributed by atoms with Crippen molar-refractivity contribution in [3.05, 3.63) is 90.9 Å². The maximum Gasteiger partial charge on any atom is 0.345 e. The molecule has 1 aliphatic rings. The SMILES string of the molecule is CCOc1cc(/C=C2\SC(=O)N(CCOc3cccc(C)c3)C2=O)cc(I)c1OC(=O)c1ccccc1Cl. The van der Waals surface area contributed by atoms with Crippen LogP contribution in [-0.4, -0.2) is 41.8 Å². The number of hydrogen-bond donors (Lipinski definition) is 0. The van der Waals surface area contributed by atoms with Crippen LogP contribution in [0.2, 0.25) is 5.02 Å². The maximum absolute atomic E-state index is 13.0. The summed E-state index contributed by atoms with van der Waals surface area (Å²) in [6.45, 7) is 4.42. The van der Waals surface area contributed by atoms with E-state index in [1.165, 1.54) is 4.90 Å². The number of benzene rings is 3. The van der Waals surface area contributed by atoms with Crippen LogP contribution in [-0.2, 0) is 4.79 Å². The monoisotopic (exact) mass is 663 g/mol. The van der Waals surface area contributed by atoms with Gasteiger partial charge in [-0.2, -0.15) is 0 Å². The van der Waals surface area contributed by atoms with Gasteiger partial charge >= 0.3 is 5.97 Å². The zero-order valence-corrected chi connectivity index (χ0v) is 24.3. The number of carbonyl (C=O) groups is 3. The standard InChI is InChI=1S/C28H23ClINO6S/c1-3-35-23-15-18(14-22(30)25(23)37-27(33)20-9-4-5-10-21(20)29)16-24-26(32)31(28(34)38-24)11-12-36-19-8-6-7-17(2)13-19/h4-10,13-16H,3,11-12H2,1-2H3/b24-16-. The van der Waals surface area contributed by atoms with Gasteiger partial charge in [-0.1, -0.05) is 35.9 Å². The highest BCUT2D eigenvalue weighted by Gasteiger charge is 2.35. The number of halogens is 2. The van der Waals surface area contributed by atoms with Crippen LogP contribution < -0.4 is 14.2 Å². The second-order valence-corrected chi connectivity index (χ2v) is 10.7. The molecule has 3 aromatic carbocycles. The third-order valence-electron chi connectivity index (χ3n) is 5.36. The second-order valence-electron chi connectivity index (χ2n) is 8.13. The molecule has 0 saturated carbocycles. The second kappa shape index (κ2) is 12.7. The van der Waals surface area contributed by atoms with E-state index in [9.17, 15) is 14.4 Å². The van der Waals surface area contributed by atoms with Crippen LogP contribution in [0.1, 0.15) is 28.4 Å². The van der Waals surface area contributed by atoms with E-state index in [1.54, 1.807) is 42.5 Å². The molecule has 0 unspecified atom stereocenters. The molecule has 0 spiro atoms. The molecule has 3 aromatic rings. The fraction of sp³-hybridized carbons (Fsp3) is 0.179. The van der Waals surface area contributed by atoms with Crippen molar-refractivity contribution in [3.63, 3.8) is 0 Å². The Kier molecular flexibility index (Phi) is 9.35. The molecule has 0 aliphatic carbocycles. The van der Waals surface area contributed by atoms with E-state index in [1.807, 2.05) is 60.7 Å². The number of ether oxygens (including phenoxy) is 3. The molecular weight excluding hydrogens is 641 g/mol. The van der Waals surface area contributed by atoms with Gasteiger partial charge in [0, 0.05) is 0 Å². The van der Waals surface area contributed by atoms with E-state index in [0.717, 1.165) is 17.3 Å². The minimum atomic E-state index is -0.615. The number of thioether (sulfide) groups is 1. The molecule has 0 aromatic heterocycles. The smallest absolute Gasteiger partial charge is 0.345 e. The molecule has 0 N–H and O–H groups in total. The Labute approximate surface area is 243 Å². The molecule has 10 heteroatoms. The van der Waals surface area contributed by atoms with Crippen molar-refractivity contribution in [2.24, 2.45) is 0 Å². The zero-order valence-electron chi connectivity index (χ0n) is 20.5. The fourth-order valence-corrected chi connectivity index (χ4v) is 5.43. The average Bonchev–Trinajstić information content (AvgIpc) is 3.14. The molecule has 0 atom stereocenters. The molecule has 0 radical (unpaired) electrons. The van der Waals surface area contributed by atoms with Crippen LogP contribution in [0.5, 0.6) is 17.2 Å². The minimum Gasteiger partial charge on any atom is -0.492 e. The number of carbonyl (C=O) groups excluding carboxylic acids is 3. The van der Waals surface area contributed by atoms with Gasteiger partial charge in [0.25, 0.3) is 11.1 Å². The van der Waals surface area contributed by atoms with Crippen molar-refractivity contribution >= 4 is 69.1 Å². The van der Waals surface area contributed by atoms with E-state index in [2.05, 4.69) is 0 Å². The van der Waals surface area contributed by atoms with Gasteiger partial charge < -0.3 is 14.2 Å². The first-order chi connectivity index (χ1) is 18.3. The van der Waals surface area contributed by atoms with E-state index in [0.29, 0.717) is 27.2 Å². The Bertz CT molecular complexity index is 1430. The van der Waals surface area contributed by atoms with E-state index in [-0.39, 0.29) is 39.6 Å². The van der Waals surface area contributed by atoms with Gasteiger partial charge in [-0.15, -0.1) is 0 Å². The highest BCUT2D eigenvalue weighted by Crippen LogP contribution is 2.38. The van der Waals surface area contributed by atoms with Crippen LogP contribution in [0.25, 0.3) is 6.08 Å². The third-order valence-corrected chi connectivity index (χ3v) is 7.40. The topological polar surface area (TPSA) is 82.1 Å². The third kappa shape index (κ3) is 6.69. The first-order valence-electron chi connectivity index (χ1n) is 11.6. The van der Waals surface area contributed by atoms with Gasteiger partial charge in [-0.05, 0) is 102 Å². The molecule has 7 nitrogen and oxygen atoms in total. The Morgan fingerprint density at radius 1 is 1.08 bits per heavy atom. The lowest BCUT2D eigenvalue weighted by Gasteiger charge is -2.14. The minimum absolute atomic E-state index is 0.134. The lowest BCUT2D eigenvalue weighted by atomic mass is 10.1. The van der Waals surface area contributed by atoms with Gasteiger partial charge in [-0.25, -0.2) is 4.79 Å². The van der Waals surface area contributed by atoms with Gasteiger partial charge in [0.2, 0.25) is 0 Å². The molecule has 1 fully saturated rings. The average molecular weight is 664 g/mol. The molecule has 4 rings (SSSR count). The number of nitrogens with zero attached hydrogens (tertiary/aromatic N) is 1. The lowest BCUT2D eigenvalue weighted by molar-refractivity contribution is -0.123. The predicted octanol–water partition coefficient (Wildman–Crippen LogP) is 6.99. The Morgan fingerprint density at radius 3 is 2.61 bits per heavy atom. The summed E-state index contributed by atoms with van der Waals surface area (Å²) in [5, 5.41) is -0.0822. The summed E-state index contributed by atoms with van der Waals surface area (Å²) in [6.07, 6.45) is 1.62. The fourth-order valence-electron chi connectivity index (χ4n) is 3.61. The summed E-state index contributed by atoms with van der Waals surface area (Å²) >= 11 is 9.03. The highest BCUT2D eigenvalue weighted by molar-refractivity contribution is 14.1. The van der Waals surface area contributed by atoms with Crippen LogP contribution in [0, 0.1) is 10.5 Å². The van der Waals surface area contributed by atoms with Gasteiger partial charge in [0.05, 0.1) is 32.2 Å². The maximum atomic E-state index is 13.0. The molecule has 1 saturated heterocycles. The summed E-state index contributed by atoms with van der Waals surface area (Å²) in [7, 11) is 0. The van der Waals surface area contributed by atoms with Crippen LogP contribution in [0.3, 0.4) is 0 Å². The first kappa shape index (κ1) is 28.0. The number of imide groups is 1. The van der Waals surface area contributed by atoms with Crippen LogP contribution in [0.15, 0.2) is 65.6 Å². The molecular formula is C28H23ClINO6S. The number of esters is 1. The number of aryl methyl sites for hydroxylation is 1. The van der Waals surface area contributed by atoms with E-state index >= 15 is 0 Å². The van der Waals surface area contributed by atoms with E-state index in [4.69, 9.17) is 25.8 Å². The lowest BCUT2D eigenvalue weighted by Crippen LogP contribution is -2.32. The van der Waals surface area contributed by atoms with Crippen molar-refractivity contribution in [1.82, 2.24) is 4.90 Å². The molecule has 2 amide bonds. The van der Waals surface area contributed by atoms with Crippen molar-refractivity contribution in [2.45, 2.75) is 13.8 Å². The quantitative estimate of drug-likeness (QED) is 0.106. The van der Waals surface area contributed by atoms with Crippen LogP contribution >= 0.6 is 46.0 Å². The molecule has 196 valence electrons. The first-order valence-corrected chi connectivity index (χ1v) is 13.9. The number of amides is 2. The molecule has 1 heterocycles. The normalized spacial score (nSPS) is 14.2. The van der Waals surface area contributed by atoms with Crippen molar-refractivity contribution in [2.75, 3.05) is 19.8 Å². The van der Waals surface area contributed by atoms with Gasteiger partial charge in [-0.3, -0.25) is 14.5 Å². The van der Waals surface area contributed by atoms with Crippen molar-refractivity contribution < 1.29 is 28.6 Å². The number of rotatable bonds is 9. The summed E-state index contributed by atoms with van der Waals surface area (Å²) in [5.41, 5.74) is 1.91. The summed E-state index contributed by atoms with van der Waals surface area (Å²) in [4.78, 5) is 39.7. The summed E-state index contributed by atoms with van der Waals surface area (Å²) in [5.74, 6) is 0.250. The Hall–Kier alpha value is -3.02. The summed E-state index contributed by atoms with van der Waals surface area (Å²) < 4.78 is 17.7. The number of hydrogen-bond acceptors (Lipinski definition) is 7. The Morgan fingerprint density at radius 2 is 1.87 bits per heavy atom. The predicted molar refractivity (Wildman–Crippen MR) is 156 cm³/mol.